The van der Waals surface area contributed by atoms with E-state index in [4.69, 9.17) is 4.74 Å². The Morgan fingerprint density at radius 2 is 1.84 bits per heavy atom. The number of carbonyl (C=O) groups excluding carboxylic acids is 1. The molecule has 0 radical (unpaired) electrons. The van der Waals surface area contributed by atoms with Gasteiger partial charge in [-0.05, 0) is 68.9 Å². The average molecular weight is 471 g/mol. The summed E-state index contributed by atoms with van der Waals surface area (Å²) in [5.74, 6) is -1.45. The highest BCUT2D eigenvalue weighted by Gasteiger charge is 2.41. The standard InChI is InChI=1S/C23H32F2N2O4S/c1-32(29,30)26-20-6-3-13-27(23(28)16-7-8-16)21(20)14-31-17-11-9-15(10-12-17)18-4-2-5-19(24)22(18)25/h2,4-5,15-17,20-21,26H,3,6-14H2,1H3/t15-,17+,20-,21-/m0/s1. The Labute approximate surface area is 188 Å². The first-order chi connectivity index (χ1) is 15.2. The van der Waals surface area contributed by atoms with Gasteiger partial charge >= 0.3 is 0 Å². The summed E-state index contributed by atoms with van der Waals surface area (Å²) in [5.41, 5.74) is 0.425. The molecule has 178 valence electrons. The molecule has 0 aromatic heterocycles. The number of nitrogens with zero attached hydrogens (tertiary/aromatic N) is 1. The number of ether oxygens (including phenoxy) is 1. The van der Waals surface area contributed by atoms with Gasteiger partial charge in [-0.25, -0.2) is 21.9 Å². The van der Waals surface area contributed by atoms with Crippen molar-refractivity contribution in [1.82, 2.24) is 9.62 Å². The van der Waals surface area contributed by atoms with Crippen LogP contribution < -0.4 is 4.72 Å². The maximum atomic E-state index is 14.1. The number of carbonyl (C=O) groups is 1. The number of amides is 1. The molecule has 1 amide bonds. The van der Waals surface area contributed by atoms with Crippen LogP contribution in [0.3, 0.4) is 0 Å². The van der Waals surface area contributed by atoms with Crippen molar-refractivity contribution in [1.29, 1.82) is 0 Å². The molecule has 0 unspecified atom stereocenters. The van der Waals surface area contributed by atoms with Crippen LogP contribution in [0.2, 0.25) is 0 Å². The number of hydrogen-bond acceptors (Lipinski definition) is 4. The van der Waals surface area contributed by atoms with E-state index in [9.17, 15) is 22.0 Å². The van der Waals surface area contributed by atoms with Crippen LogP contribution in [-0.4, -0.2) is 56.8 Å². The molecule has 1 aliphatic heterocycles. The summed E-state index contributed by atoms with van der Waals surface area (Å²) in [4.78, 5) is 14.6. The number of nitrogens with one attached hydrogen (secondary N) is 1. The van der Waals surface area contributed by atoms with Crippen molar-refractivity contribution in [3.8, 4) is 0 Å². The first-order valence-corrected chi connectivity index (χ1v) is 13.5. The second-order valence-electron chi connectivity index (χ2n) is 9.46. The topological polar surface area (TPSA) is 75.7 Å². The van der Waals surface area contributed by atoms with Gasteiger partial charge in [0.05, 0.1) is 25.0 Å². The number of hydrogen-bond donors (Lipinski definition) is 1. The van der Waals surface area contributed by atoms with Gasteiger partial charge in [0.15, 0.2) is 11.6 Å². The third-order valence-corrected chi connectivity index (χ3v) is 7.68. The van der Waals surface area contributed by atoms with Crippen LogP contribution in [0.5, 0.6) is 0 Å². The summed E-state index contributed by atoms with van der Waals surface area (Å²) >= 11 is 0. The number of benzene rings is 1. The highest BCUT2D eigenvalue weighted by atomic mass is 32.2. The van der Waals surface area contributed by atoms with E-state index in [-0.39, 0.29) is 42.5 Å². The predicted octanol–water partition coefficient (Wildman–Crippen LogP) is 3.33. The highest BCUT2D eigenvalue weighted by molar-refractivity contribution is 7.88. The van der Waals surface area contributed by atoms with Crippen molar-refractivity contribution in [2.75, 3.05) is 19.4 Å². The Kier molecular flexibility index (Phi) is 7.17. The fourth-order valence-electron chi connectivity index (χ4n) is 5.12. The molecule has 0 bridgehead atoms. The van der Waals surface area contributed by atoms with Crippen LogP contribution >= 0.6 is 0 Å². The second-order valence-corrected chi connectivity index (χ2v) is 11.2. The van der Waals surface area contributed by atoms with Crippen LogP contribution in [0.1, 0.15) is 62.8 Å². The predicted molar refractivity (Wildman–Crippen MR) is 117 cm³/mol. The minimum atomic E-state index is -3.41. The molecule has 4 rings (SSSR count). The van der Waals surface area contributed by atoms with Gasteiger partial charge in [-0.3, -0.25) is 4.79 Å². The molecule has 32 heavy (non-hydrogen) atoms. The third kappa shape index (κ3) is 5.66. The molecule has 1 N–H and O–H groups in total. The Morgan fingerprint density at radius 1 is 1.12 bits per heavy atom. The Balaban J connectivity index is 1.37. The summed E-state index contributed by atoms with van der Waals surface area (Å²) in [6.45, 7) is 0.895. The number of halogens is 2. The molecule has 2 saturated carbocycles. The summed E-state index contributed by atoms with van der Waals surface area (Å²) in [6, 6.07) is 3.63. The molecule has 2 aliphatic carbocycles. The molecule has 1 heterocycles. The van der Waals surface area contributed by atoms with Gasteiger partial charge in [-0.15, -0.1) is 0 Å². The molecule has 0 spiro atoms. The number of likely N-dealkylation sites (tertiary alicyclic amines) is 1. The Hall–Kier alpha value is -1.58. The fraction of sp³-hybridized carbons (Fsp3) is 0.696. The fourth-order valence-corrected chi connectivity index (χ4v) is 5.95. The van der Waals surface area contributed by atoms with E-state index in [1.165, 1.54) is 0 Å². The van der Waals surface area contributed by atoms with Crippen LogP contribution in [0.4, 0.5) is 8.78 Å². The lowest BCUT2D eigenvalue weighted by Crippen LogP contribution is -2.59. The summed E-state index contributed by atoms with van der Waals surface area (Å²) in [7, 11) is -3.41. The first-order valence-electron chi connectivity index (χ1n) is 11.6. The molecular formula is C23H32F2N2O4S. The number of rotatable bonds is 7. The zero-order valence-corrected chi connectivity index (χ0v) is 19.3. The van der Waals surface area contributed by atoms with E-state index in [1.54, 1.807) is 12.1 Å². The first kappa shape index (κ1) is 23.6. The van der Waals surface area contributed by atoms with Gasteiger partial charge < -0.3 is 9.64 Å². The normalized spacial score (nSPS) is 29.2. The quantitative estimate of drug-likeness (QED) is 0.663. The van der Waals surface area contributed by atoms with Gasteiger partial charge in [-0.1, -0.05) is 12.1 Å². The second kappa shape index (κ2) is 9.73. The molecule has 1 saturated heterocycles. The minimum absolute atomic E-state index is 0.0344. The number of sulfonamides is 1. The van der Waals surface area contributed by atoms with E-state index >= 15 is 0 Å². The zero-order valence-electron chi connectivity index (χ0n) is 18.4. The van der Waals surface area contributed by atoms with Gasteiger partial charge in [0.25, 0.3) is 0 Å². The Morgan fingerprint density at radius 3 is 2.50 bits per heavy atom. The van der Waals surface area contributed by atoms with E-state index in [1.807, 2.05) is 4.90 Å². The molecular weight excluding hydrogens is 438 g/mol. The smallest absolute Gasteiger partial charge is 0.226 e. The lowest BCUT2D eigenvalue weighted by molar-refractivity contribution is -0.139. The van der Waals surface area contributed by atoms with E-state index in [0.717, 1.165) is 31.6 Å². The molecule has 9 heteroatoms. The van der Waals surface area contributed by atoms with E-state index < -0.39 is 21.7 Å². The minimum Gasteiger partial charge on any atom is -0.376 e. The zero-order chi connectivity index (χ0) is 22.9. The monoisotopic (exact) mass is 470 g/mol. The van der Waals surface area contributed by atoms with Crippen LogP contribution in [-0.2, 0) is 19.6 Å². The molecule has 1 aromatic carbocycles. The van der Waals surface area contributed by atoms with Crippen LogP contribution in [0.15, 0.2) is 18.2 Å². The summed E-state index contributed by atoms with van der Waals surface area (Å²) in [5, 5.41) is 0. The maximum Gasteiger partial charge on any atom is 0.226 e. The lowest BCUT2D eigenvalue weighted by atomic mass is 9.82. The maximum absolute atomic E-state index is 14.1. The van der Waals surface area contributed by atoms with Crippen LogP contribution in [0, 0.1) is 17.6 Å². The SMILES string of the molecule is CS(=O)(=O)N[C@H]1CCCN(C(=O)C2CC2)[C@H]1CO[C@H]1CC[C@@H](c2cccc(F)c2F)CC1. The van der Waals surface area contributed by atoms with Gasteiger partial charge in [0.1, 0.15) is 0 Å². The Bertz CT molecular complexity index is 930. The van der Waals surface area contributed by atoms with E-state index in [0.29, 0.717) is 44.2 Å². The van der Waals surface area contributed by atoms with Gasteiger partial charge in [0.2, 0.25) is 15.9 Å². The molecule has 1 aromatic rings. The lowest BCUT2D eigenvalue weighted by Gasteiger charge is -2.42. The van der Waals surface area contributed by atoms with Gasteiger partial charge in [0, 0.05) is 18.5 Å². The molecule has 3 aliphatic rings. The number of piperidine rings is 1. The van der Waals surface area contributed by atoms with Crippen LogP contribution in [0.25, 0.3) is 0 Å². The van der Waals surface area contributed by atoms with Crippen molar-refractivity contribution < 1.29 is 26.7 Å². The van der Waals surface area contributed by atoms with Gasteiger partial charge in [-0.2, -0.15) is 0 Å². The van der Waals surface area contributed by atoms with Crippen molar-refractivity contribution in [3.05, 3.63) is 35.4 Å². The molecule has 2 atom stereocenters. The largest absolute Gasteiger partial charge is 0.376 e. The summed E-state index contributed by atoms with van der Waals surface area (Å²) < 4.78 is 60.4. The van der Waals surface area contributed by atoms with Crippen molar-refractivity contribution in [2.24, 2.45) is 5.92 Å². The third-order valence-electron chi connectivity index (χ3n) is 6.95. The van der Waals surface area contributed by atoms with Crippen molar-refractivity contribution in [2.45, 2.75) is 75.5 Å². The summed E-state index contributed by atoms with van der Waals surface area (Å²) in [6.07, 6.45) is 7.15. The van der Waals surface area contributed by atoms with E-state index in [2.05, 4.69) is 4.72 Å². The highest BCUT2D eigenvalue weighted by Crippen LogP contribution is 2.37. The van der Waals surface area contributed by atoms with Crippen molar-refractivity contribution >= 4 is 15.9 Å². The van der Waals surface area contributed by atoms with Crippen molar-refractivity contribution in [3.63, 3.8) is 0 Å². The average Bonchev–Trinajstić information content (AvgIpc) is 3.59. The molecule has 6 nitrogen and oxygen atoms in total. The molecule has 3 fully saturated rings.